The Morgan fingerprint density at radius 1 is 1.05 bits per heavy atom. The monoisotopic (exact) mass is 287 g/mol. The van der Waals surface area contributed by atoms with Crippen LogP contribution in [0.4, 0.5) is 0 Å². The third-order valence-corrected chi connectivity index (χ3v) is 4.96. The van der Waals surface area contributed by atoms with Crippen molar-refractivity contribution in [2.24, 2.45) is 5.92 Å². The van der Waals surface area contributed by atoms with E-state index in [2.05, 4.69) is 44.7 Å². The predicted molar refractivity (Wildman–Crippen MR) is 87.9 cm³/mol. The van der Waals surface area contributed by atoms with E-state index in [0.29, 0.717) is 11.8 Å². The van der Waals surface area contributed by atoms with Crippen molar-refractivity contribution in [3.05, 3.63) is 34.4 Å². The van der Waals surface area contributed by atoms with Gasteiger partial charge in [0.05, 0.1) is 13.2 Å². The van der Waals surface area contributed by atoms with Gasteiger partial charge in [-0.25, -0.2) is 0 Å². The zero-order chi connectivity index (χ0) is 15.0. The standard InChI is InChI=1S/C19H29NO/c1-13(2)18-7-16-5-6-20(9-15-11-21-12-15)10-17(16)8-19(18)14(3)4/h7-8,13-15H,5-6,9-12H2,1-4H3. The molecular formula is C19H29NO. The van der Waals surface area contributed by atoms with Crippen molar-refractivity contribution in [3.8, 4) is 0 Å². The van der Waals surface area contributed by atoms with Crippen LogP contribution in [0.1, 0.15) is 61.8 Å². The summed E-state index contributed by atoms with van der Waals surface area (Å²) in [5, 5.41) is 0. The fraction of sp³-hybridized carbons (Fsp3) is 0.684. The molecule has 2 nitrogen and oxygen atoms in total. The Labute approximate surface area is 129 Å². The largest absolute Gasteiger partial charge is 0.381 e. The smallest absolute Gasteiger partial charge is 0.0528 e. The molecule has 0 radical (unpaired) electrons. The fourth-order valence-electron chi connectivity index (χ4n) is 3.62. The van der Waals surface area contributed by atoms with Gasteiger partial charge in [0.25, 0.3) is 0 Å². The lowest BCUT2D eigenvalue weighted by Gasteiger charge is -2.36. The maximum Gasteiger partial charge on any atom is 0.0528 e. The lowest BCUT2D eigenvalue weighted by Crippen LogP contribution is -2.41. The van der Waals surface area contributed by atoms with Gasteiger partial charge in [0.15, 0.2) is 0 Å². The zero-order valence-electron chi connectivity index (χ0n) is 14.0. The van der Waals surface area contributed by atoms with E-state index in [0.717, 1.165) is 25.7 Å². The minimum Gasteiger partial charge on any atom is -0.381 e. The highest BCUT2D eigenvalue weighted by atomic mass is 16.5. The first-order valence-electron chi connectivity index (χ1n) is 8.50. The van der Waals surface area contributed by atoms with Crippen LogP contribution >= 0.6 is 0 Å². The summed E-state index contributed by atoms with van der Waals surface area (Å²) in [5.74, 6) is 2.01. The van der Waals surface area contributed by atoms with Gasteiger partial charge in [-0.15, -0.1) is 0 Å². The molecule has 21 heavy (non-hydrogen) atoms. The highest BCUT2D eigenvalue weighted by Crippen LogP contribution is 2.32. The van der Waals surface area contributed by atoms with Gasteiger partial charge in [-0.05, 0) is 40.5 Å². The maximum atomic E-state index is 5.31. The molecule has 2 heterocycles. The predicted octanol–water partition coefficient (Wildman–Crippen LogP) is 3.94. The maximum absolute atomic E-state index is 5.31. The molecule has 0 N–H and O–H groups in total. The molecule has 0 saturated carbocycles. The third-order valence-electron chi connectivity index (χ3n) is 4.96. The van der Waals surface area contributed by atoms with E-state index < -0.39 is 0 Å². The van der Waals surface area contributed by atoms with Gasteiger partial charge in [-0.2, -0.15) is 0 Å². The van der Waals surface area contributed by atoms with Crippen molar-refractivity contribution in [1.29, 1.82) is 0 Å². The summed E-state index contributed by atoms with van der Waals surface area (Å²) in [6, 6.07) is 5.00. The van der Waals surface area contributed by atoms with Crippen LogP contribution < -0.4 is 0 Å². The lowest BCUT2D eigenvalue weighted by molar-refractivity contribution is -0.0480. The molecule has 0 unspecified atom stereocenters. The summed E-state index contributed by atoms with van der Waals surface area (Å²) in [6.07, 6.45) is 1.21. The summed E-state index contributed by atoms with van der Waals surface area (Å²) in [6.45, 7) is 14.8. The van der Waals surface area contributed by atoms with Gasteiger partial charge in [-0.1, -0.05) is 39.8 Å². The van der Waals surface area contributed by atoms with Crippen molar-refractivity contribution in [2.45, 2.75) is 52.5 Å². The molecule has 0 aromatic heterocycles. The zero-order valence-corrected chi connectivity index (χ0v) is 14.0. The molecule has 0 bridgehead atoms. The van der Waals surface area contributed by atoms with E-state index in [1.54, 1.807) is 22.3 Å². The topological polar surface area (TPSA) is 12.5 Å². The molecule has 1 aromatic carbocycles. The van der Waals surface area contributed by atoms with E-state index in [4.69, 9.17) is 4.74 Å². The molecular weight excluding hydrogens is 258 g/mol. The summed E-state index contributed by atoms with van der Waals surface area (Å²) >= 11 is 0. The van der Waals surface area contributed by atoms with E-state index >= 15 is 0 Å². The summed E-state index contributed by atoms with van der Waals surface area (Å²) in [5.41, 5.74) is 6.26. The van der Waals surface area contributed by atoms with Crippen LogP contribution in [-0.2, 0) is 17.7 Å². The fourth-order valence-corrected chi connectivity index (χ4v) is 3.62. The molecule has 2 aliphatic heterocycles. The highest BCUT2D eigenvalue weighted by Gasteiger charge is 2.25. The lowest BCUT2D eigenvalue weighted by atomic mass is 9.85. The average molecular weight is 287 g/mol. The van der Waals surface area contributed by atoms with Crippen LogP contribution in [0.5, 0.6) is 0 Å². The Hall–Kier alpha value is -0.860. The minimum atomic E-state index is 0.614. The first-order chi connectivity index (χ1) is 10.0. The molecule has 116 valence electrons. The molecule has 1 saturated heterocycles. The highest BCUT2D eigenvalue weighted by molar-refractivity contribution is 5.42. The van der Waals surface area contributed by atoms with Crippen LogP contribution in [0, 0.1) is 5.92 Å². The van der Waals surface area contributed by atoms with Crippen molar-refractivity contribution >= 4 is 0 Å². The number of hydrogen-bond acceptors (Lipinski definition) is 2. The van der Waals surface area contributed by atoms with Gasteiger partial charge >= 0.3 is 0 Å². The van der Waals surface area contributed by atoms with E-state index in [1.165, 1.54) is 19.5 Å². The number of ether oxygens (including phenoxy) is 1. The Morgan fingerprint density at radius 2 is 1.67 bits per heavy atom. The third kappa shape index (κ3) is 3.17. The Bertz CT molecular complexity index is 503. The minimum absolute atomic E-state index is 0.614. The van der Waals surface area contributed by atoms with Gasteiger partial charge in [-0.3, -0.25) is 4.90 Å². The summed E-state index contributed by atoms with van der Waals surface area (Å²) in [4.78, 5) is 2.62. The van der Waals surface area contributed by atoms with E-state index in [-0.39, 0.29) is 0 Å². The van der Waals surface area contributed by atoms with Crippen molar-refractivity contribution in [3.63, 3.8) is 0 Å². The van der Waals surface area contributed by atoms with Gasteiger partial charge in [0.2, 0.25) is 0 Å². The number of benzene rings is 1. The molecule has 2 heteroatoms. The second-order valence-electron chi connectivity index (χ2n) is 7.45. The van der Waals surface area contributed by atoms with E-state index in [9.17, 15) is 0 Å². The van der Waals surface area contributed by atoms with Crippen molar-refractivity contribution < 1.29 is 4.74 Å². The summed E-state index contributed by atoms with van der Waals surface area (Å²) in [7, 11) is 0. The van der Waals surface area contributed by atoms with Crippen LogP contribution in [0.3, 0.4) is 0 Å². The molecule has 0 spiro atoms. The first-order valence-corrected chi connectivity index (χ1v) is 8.50. The number of hydrogen-bond donors (Lipinski definition) is 0. The van der Waals surface area contributed by atoms with Crippen LogP contribution in [-0.4, -0.2) is 31.2 Å². The number of fused-ring (bicyclic) bond motifs is 1. The van der Waals surface area contributed by atoms with Gasteiger partial charge < -0.3 is 4.74 Å². The molecule has 0 atom stereocenters. The number of rotatable bonds is 4. The molecule has 0 amide bonds. The van der Waals surface area contributed by atoms with Crippen LogP contribution in [0.25, 0.3) is 0 Å². The molecule has 2 aliphatic rings. The molecule has 3 rings (SSSR count). The second kappa shape index (κ2) is 6.10. The molecule has 1 fully saturated rings. The van der Waals surface area contributed by atoms with Crippen molar-refractivity contribution in [1.82, 2.24) is 4.90 Å². The second-order valence-corrected chi connectivity index (χ2v) is 7.45. The SMILES string of the molecule is CC(C)c1cc2c(cc1C(C)C)CN(CC1COC1)CC2. The quantitative estimate of drug-likeness (QED) is 0.831. The van der Waals surface area contributed by atoms with Gasteiger partial charge in [0, 0.05) is 25.6 Å². The van der Waals surface area contributed by atoms with Crippen LogP contribution in [0.2, 0.25) is 0 Å². The van der Waals surface area contributed by atoms with Crippen LogP contribution in [0.15, 0.2) is 12.1 Å². The first kappa shape index (κ1) is 15.1. The Balaban J connectivity index is 1.82. The normalized spacial score (nSPS) is 19.9. The Kier molecular flexibility index (Phi) is 4.37. The van der Waals surface area contributed by atoms with Gasteiger partial charge in [0.1, 0.15) is 0 Å². The Morgan fingerprint density at radius 3 is 2.19 bits per heavy atom. The van der Waals surface area contributed by atoms with E-state index in [1.807, 2.05) is 0 Å². The number of nitrogens with zero attached hydrogens (tertiary/aromatic N) is 1. The average Bonchev–Trinajstić information content (AvgIpc) is 2.41. The van der Waals surface area contributed by atoms with Crippen molar-refractivity contribution in [2.75, 3.05) is 26.3 Å². The summed E-state index contributed by atoms with van der Waals surface area (Å²) < 4.78 is 5.31. The molecule has 1 aromatic rings. The molecule has 0 aliphatic carbocycles.